The molecule has 0 aromatic heterocycles. The summed E-state index contributed by atoms with van der Waals surface area (Å²) in [6.07, 6.45) is 3.05. The number of rotatable bonds is 5. The van der Waals surface area contributed by atoms with Crippen LogP contribution in [0.3, 0.4) is 0 Å². The summed E-state index contributed by atoms with van der Waals surface area (Å²) in [5.74, 6) is 0.0313. The van der Waals surface area contributed by atoms with Gasteiger partial charge in [0.25, 0.3) is 0 Å². The quantitative estimate of drug-likeness (QED) is 0.767. The highest BCUT2D eigenvalue weighted by Crippen LogP contribution is 2.26. The molecule has 3 N–H and O–H groups in total. The molecule has 0 saturated heterocycles. The van der Waals surface area contributed by atoms with Crippen molar-refractivity contribution in [3.8, 4) is 0 Å². The number of anilines is 2. The molecular weight excluding hydrogens is 212 g/mol. The third kappa shape index (κ3) is 3.77. The molecule has 94 valence electrons. The maximum absolute atomic E-state index is 12.1. The number of unbranched alkanes of at least 4 members (excludes halogenated alkanes) is 1. The number of nitrogens with one attached hydrogen (secondary N) is 1. The normalized spacial score (nSPS) is 11.2. The molecule has 0 aliphatic heterocycles. The minimum absolute atomic E-state index is 0.0313. The monoisotopic (exact) mass is 234 g/mol. The highest BCUT2D eigenvalue weighted by Gasteiger charge is 2.27. The molecule has 17 heavy (non-hydrogen) atoms. The van der Waals surface area contributed by atoms with Crippen molar-refractivity contribution in [3.05, 3.63) is 24.3 Å². The summed E-state index contributed by atoms with van der Waals surface area (Å²) in [4.78, 5) is 12.1. The van der Waals surface area contributed by atoms with Crippen LogP contribution in [0, 0.1) is 5.41 Å². The number of hydrogen-bond donors (Lipinski definition) is 2. The second kappa shape index (κ2) is 5.71. The van der Waals surface area contributed by atoms with Crippen LogP contribution in [0.25, 0.3) is 0 Å². The Morgan fingerprint density at radius 1 is 1.35 bits per heavy atom. The smallest absolute Gasteiger partial charge is 0.230 e. The Hall–Kier alpha value is -1.51. The first kappa shape index (κ1) is 13.6. The van der Waals surface area contributed by atoms with Crippen molar-refractivity contribution in [2.24, 2.45) is 5.41 Å². The first-order valence-corrected chi connectivity index (χ1v) is 6.13. The van der Waals surface area contributed by atoms with Gasteiger partial charge in [-0.3, -0.25) is 4.79 Å². The van der Waals surface area contributed by atoms with Crippen molar-refractivity contribution in [2.75, 3.05) is 11.1 Å². The van der Waals surface area contributed by atoms with Gasteiger partial charge in [0.15, 0.2) is 0 Å². The van der Waals surface area contributed by atoms with Crippen molar-refractivity contribution in [1.29, 1.82) is 0 Å². The fraction of sp³-hybridized carbons (Fsp3) is 0.500. The second-order valence-electron chi connectivity index (χ2n) is 5.03. The van der Waals surface area contributed by atoms with E-state index < -0.39 is 0 Å². The molecular formula is C14H22N2O. The summed E-state index contributed by atoms with van der Waals surface area (Å²) in [5.41, 5.74) is 6.75. The number of nitrogen functional groups attached to an aromatic ring is 1. The zero-order chi connectivity index (χ0) is 12.9. The van der Waals surface area contributed by atoms with E-state index in [1.54, 1.807) is 6.07 Å². The first-order chi connectivity index (χ1) is 7.97. The lowest BCUT2D eigenvalue weighted by Crippen LogP contribution is -2.30. The fourth-order valence-electron chi connectivity index (χ4n) is 1.63. The van der Waals surface area contributed by atoms with Crippen LogP contribution in [0.1, 0.15) is 40.0 Å². The van der Waals surface area contributed by atoms with Gasteiger partial charge in [0.05, 0.1) is 11.4 Å². The molecule has 1 aromatic rings. The molecule has 0 bridgehead atoms. The van der Waals surface area contributed by atoms with E-state index in [-0.39, 0.29) is 11.3 Å². The molecule has 0 fully saturated rings. The molecule has 0 aliphatic rings. The van der Waals surface area contributed by atoms with E-state index in [1.807, 2.05) is 32.0 Å². The van der Waals surface area contributed by atoms with Gasteiger partial charge in [-0.25, -0.2) is 0 Å². The van der Waals surface area contributed by atoms with Crippen molar-refractivity contribution >= 4 is 17.3 Å². The number of para-hydroxylation sites is 2. The van der Waals surface area contributed by atoms with Crippen LogP contribution >= 0.6 is 0 Å². The number of amides is 1. The summed E-state index contributed by atoms with van der Waals surface area (Å²) in [5, 5.41) is 2.90. The molecule has 0 radical (unpaired) electrons. The van der Waals surface area contributed by atoms with Crippen LogP contribution in [0.15, 0.2) is 24.3 Å². The summed E-state index contributed by atoms with van der Waals surface area (Å²) in [7, 11) is 0. The van der Waals surface area contributed by atoms with Gasteiger partial charge in [-0.2, -0.15) is 0 Å². The average molecular weight is 234 g/mol. The highest BCUT2D eigenvalue weighted by atomic mass is 16.2. The molecule has 3 nitrogen and oxygen atoms in total. The molecule has 0 aliphatic carbocycles. The summed E-state index contributed by atoms with van der Waals surface area (Å²) in [6.45, 7) is 6.07. The fourth-order valence-corrected chi connectivity index (χ4v) is 1.63. The van der Waals surface area contributed by atoms with E-state index in [4.69, 9.17) is 5.73 Å². The number of carbonyl (C=O) groups excluding carboxylic acids is 1. The van der Waals surface area contributed by atoms with E-state index in [0.717, 1.165) is 19.3 Å². The summed E-state index contributed by atoms with van der Waals surface area (Å²) in [6, 6.07) is 7.33. The SMILES string of the molecule is CCCCC(C)(C)C(=O)Nc1ccccc1N. The molecule has 1 amide bonds. The van der Waals surface area contributed by atoms with E-state index in [1.165, 1.54) is 0 Å². The molecule has 1 rings (SSSR count). The molecule has 0 heterocycles. The minimum Gasteiger partial charge on any atom is -0.397 e. The molecule has 0 atom stereocenters. The van der Waals surface area contributed by atoms with Crippen LogP contribution in [0.4, 0.5) is 11.4 Å². The molecule has 0 spiro atoms. The minimum atomic E-state index is -0.349. The van der Waals surface area contributed by atoms with Crippen LogP contribution in [-0.4, -0.2) is 5.91 Å². The Kier molecular flexibility index (Phi) is 4.55. The van der Waals surface area contributed by atoms with Crippen LogP contribution in [0.2, 0.25) is 0 Å². The zero-order valence-electron chi connectivity index (χ0n) is 10.9. The maximum Gasteiger partial charge on any atom is 0.230 e. The molecule has 0 saturated carbocycles. The van der Waals surface area contributed by atoms with Gasteiger partial charge in [0, 0.05) is 5.41 Å². The lowest BCUT2D eigenvalue weighted by Gasteiger charge is -2.23. The Labute approximate surface area is 103 Å². The van der Waals surface area contributed by atoms with Crippen molar-refractivity contribution in [1.82, 2.24) is 0 Å². The van der Waals surface area contributed by atoms with Crippen LogP contribution < -0.4 is 11.1 Å². The van der Waals surface area contributed by atoms with Gasteiger partial charge >= 0.3 is 0 Å². The standard InChI is InChI=1S/C14H22N2O/c1-4-5-10-14(2,3)13(17)16-12-9-7-6-8-11(12)15/h6-9H,4-5,10,15H2,1-3H3,(H,16,17). The number of benzene rings is 1. The predicted molar refractivity (Wildman–Crippen MR) is 72.8 cm³/mol. The Morgan fingerprint density at radius 3 is 2.59 bits per heavy atom. The number of carbonyl (C=O) groups is 1. The molecule has 0 unspecified atom stereocenters. The largest absolute Gasteiger partial charge is 0.397 e. The van der Waals surface area contributed by atoms with Crippen LogP contribution in [0.5, 0.6) is 0 Å². The van der Waals surface area contributed by atoms with E-state index in [9.17, 15) is 4.79 Å². The van der Waals surface area contributed by atoms with Crippen molar-refractivity contribution in [3.63, 3.8) is 0 Å². The topological polar surface area (TPSA) is 55.1 Å². The number of hydrogen-bond acceptors (Lipinski definition) is 2. The Bertz CT molecular complexity index is 386. The average Bonchev–Trinajstić information content (AvgIpc) is 2.29. The highest BCUT2D eigenvalue weighted by molar-refractivity contribution is 5.97. The first-order valence-electron chi connectivity index (χ1n) is 6.13. The number of nitrogens with two attached hydrogens (primary N) is 1. The van der Waals surface area contributed by atoms with Gasteiger partial charge in [0.2, 0.25) is 5.91 Å². The Morgan fingerprint density at radius 2 is 2.00 bits per heavy atom. The van der Waals surface area contributed by atoms with E-state index in [0.29, 0.717) is 11.4 Å². The predicted octanol–water partition coefficient (Wildman–Crippen LogP) is 3.42. The van der Waals surface area contributed by atoms with Crippen molar-refractivity contribution < 1.29 is 4.79 Å². The van der Waals surface area contributed by atoms with Crippen molar-refractivity contribution in [2.45, 2.75) is 40.0 Å². The zero-order valence-corrected chi connectivity index (χ0v) is 10.9. The van der Waals surface area contributed by atoms with Gasteiger partial charge < -0.3 is 11.1 Å². The lowest BCUT2D eigenvalue weighted by atomic mass is 9.86. The second-order valence-corrected chi connectivity index (χ2v) is 5.03. The Balaban J connectivity index is 2.69. The third-order valence-electron chi connectivity index (χ3n) is 2.98. The lowest BCUT2D eigenvalue weighted by molar-refractivity contribution is -0.124. The van der Waals surface area contributed by atoms with Crippen LogP contribution in [-0.2, 0) is 4.79 Å². The van der Waals surface area contributed by atoms with Gasteiger partial charge in [-0.05, 0) is 18.6 Å². The van der Waals surface area contributed by atoms with E-state index >= 15 is 0 Å². The third-order valence-corrected chi connectivity index (χ3v) is 2.98. The summed E-state index contributed by atoms with van der Waals surface area (Å²) >= 11 is 0. The maximum atomic E-state index is 12.1. The van der Waals surface area contributed by atoms with Gasteiger partial charge in [0.1, 0.15) is 0 Å². The molecule has 1 aromatic carbocycles. The van der Waals surface area contributed by atoms with Gasteiger partial charge in [-0.1, -0.05) is 45.7 Å². The summed E-state index contributed by atoms with van der Waals surface area (Å²) < 4.78 is 0. The van der Waals surface area contributed by atoms with Gasteiger partial charge in [-0.15, -0.1) is 0 Å². The van der Waals surface area contributed by atoms with E-state index in [2.05, 4.69) is 12.2 Å². The molecule has 3 heteroatoms.